The Kier molecular flexibility index (Phi) is 12.5. The molecule has 6 rings (SSSR count). The maximum atomic E-state index is 14.4. The van der Waals surface area contributed by atoms with E-state index in [-0.39, 0.29) is 36.9 Å². The molecule has 0 unspecified atom stereocenters. The highest BCUT2D eigenvalue weighted by molar-refractivity contribution is 5.96. The number of nitrogens with zero attached hydrogens (tertiary/aromatic N) is 4. The van der Waals surface area contributed by atoms with Gasteiger partial charge in [-0.1, -0.05) is 58.0 Å². The van der Waals surface area contributed by atoms with Gasteiger partial charge in [-0.15, -0.1) is 0 Å². The third kappa shape index (κ3) is 8.77. The number of hydrazine groups is 1. The molecule has 12 heteroatoms. The number of likely N-dealkylation sites (N-methyl/N-ethyl adjacent to an activating group) is 1. The minimum Gasteiger partial charge on any atom is -0.464 e. The van der Waals surface area contributed by atoms with Crippen LogP contribution in [0.15, 0.2) is 60.8 Å². The largest absolute Gasteiger partial charge is 0.464 e. The SMILES string of the molecule is CCn1c(-c2cccnc2[C@H](C)OC)c2c3cc(ccc31)-c1cccc(c1)C[C@H](NC(=O)[C@H](C(C)C)N(C)C(C)=O)C(=O)N1CCC[C@H](N1)C(=O)OCC(C)(C)C2. The van der Waals surface area contributed by atoms with E-state index in [2.05, 4.69) is 72.5 Å². The van der Waals surface area contributed by atoms with Gasteiger partial charge < -0.3 is 24.3 Å². The minimum absolute atomic E-state index is 0.158. The molecule has 57 heavy (non-hydrogen) atoms. The Morgan fingerprint density at radius 2 is 1.84 bits per heavy atom. The molecule has 0 saturated carbocycles. The van der Waals surface area contributed by atoms with E-state index in [4.69, 9.17) is 14.5 Å². The summed E-state index contributed by atoms with van der Waals surface area (Å²) in [4.78, 5) is 60.7. The molecule has 3 amide bonds. The molecule has 0 spiro atoms. The van der Waals surface area contributed by atoms with Gasteiger partial charge in [0.05, 0.1) is 24.1 Å². The Morgan fingerprint density at radius 1 is 1.09 bits per heavy atom. The van der Waals surface area contributed by atoms with Crippen LogP contribution in [0.2, 0.25) is 0 Å². The summed E-state index contributed by atoms with van der Waals surface area (Å²) in [5, 5.41) is 5.55. The number of aromatic nitrogens is 2. The molecule has 2 aromatic carbocycles. The Balaban J connectivity index is 1.51. The summed E-state index contributed by atoms with van der Waals surface area (Å²) in [5.74, 6) is -1.66. The van der Waals surface area contributed by atoms with Gasteiger partial charge in [0.25, 0.3) is 5.91 Å². The van der Waals surface area contributed by atoms with Crippen molar-refractivity contribution in [1.82, 2.24) is 30.2 Å². The maximum absolute atomic E-state index is 14.4. The predicted octanol–water partition coefficient (Wildman–Crippen LogP) is 6.25. The summed E-state index contributed by atoms with van der Waals surface area (Å²) in [6, 6.07) is 16.2. The van der Waals surface area contributed by atoms with Gasteiger partial charge in [-0.05, 0) is 85.5 Å². The maximum Gasteiger partial charge on any atom is 0.324 e. The summed E-state index contributed by atoms with van der Waals surface area (Å²) < 4.78 is 14.2. The molecular formula is C45H58N6O6. The molecule has 4 atom stereocenters. The van der Waals surface area contributed by atoms with Gasteiger partial charge in [0.1, 0.15) is 18.1 Å². The lowest BCUT2D eigenvalue weighted by atomic mass is 9.84. The number of rotatable bonds is 8. The molecule has 2 aromatic heterocycles. The molecule has 2 N–H and O–H groups in total. The van der Waals surface area contributed by atoms with E-state index in [0.717, 1.165) is 56.7 Å². The number of benzene rings is 2. The van der Waals surface area contributed by atoms with E-state index < -0.39 is 35.4 Å². The first-order valence-electron chi connectivity index (χ1n) is 20.1. The second-order valence-electron chi connectivity index (χ2n) is 16.7. The molecular weight excluding hydrogens is 721 g/mol. The number of carbonyl (C=O) groups excluding carboxylic acids is 4. The highest BCUT2D eigenvalue weighted by Gasteiger charge is 2.37. The average Bonchev–Trinajstić information content (AvgIpc) is 3.50. The summed E-state index contributed by atoms with van der Waals surface area (Å²) in [5.41, 5.74) is 10.6. The number of ether oxygens (including phenoxy) is 2. The van der Waals surface area contributed by atoms with Crippen molar-refractivity contribution >= 4 is 34.6 Å². The van der Waals surface area contributed by atoms with Crippen molar-refractivity contribution in [2.24, 2.45) is 11.3 Å². The highest BCUT2D eigenvalue weighted by Crippen LogP contribution is 2.42. The van der Waals surface area contributed by atoms with E-state index in [0.29, 0.717) is 25.8 Å². The smallest absolute Gasteiger partial charge is 0.324 e. The van der Waals surface area contributed by atoms with Crippen LogP contribution in [0.5, 0.6) is 0 Å². The van der Waals surface area contributed by atoms with Gasteiger partial charge in [-0.3, -0.25) is 29.2 Å². The van der Waals surface area contributed by atoms with Crippen molar-refractivity contribution in [3.63, 3.8) is 0 Å². The van der Waals surface area contributed by atoms with E-state index in [1.54, 1.807) is 20.4 Å². The topological polar surface area (TPSA) is 135 Å². The van der Waals surface area contributed by atoms with Gasteiger partial charge >= 0.3 is 5.97 Å². The first-order valence-corrected chi connectivity index (χ1v) is 20.1. The molecule has 4 heterocycles. The Bertz CT molecular complexity index is 2140. The number of aryl methyl sites for hydroxylation is 1. The fraction of sp³-hybridized carbons (Fsp3) is 0.489. The normalized spacial score (nSPS) is 19.8. The standard InChI is InChI=1S/C45H58N6O6/c1-10-50-38-19-18-32-24-34(38)35(41(50)33-16-12-20-46-39(33)28(4)56-9)25-45(6,7)26-57-44(55)36-17-13-21-51(48-36)43(54)37(23-30-14-11-15-31(32)22-30)47-42(53)40(27(2)3)49(8)29(5)52/h11-12,14-16,18-20,22,24,27-28,36-37,40,48H,10,13,17,21,23,25-26H2,1-9H3,(H,47,53)/t28-,36-,37-,40-/m0/s1. The van der Waals surface area contributed by atoms with E-state index in [9.17, 15) is 19.2 Å². The predicted molar refractivity (Wildman–Crippen MR) is 221 cm³/mol. The van der Waals surface area contributed by atoms with Gasteiger partial charge in [-0.25, -0.2) is 5.43 Å². The average molecular weight is 779 g/mol. The van der Waals surface area contributed by atoms with Crippen LogP contribution in [0.1, 0.15) is 84.2 Å². The Hall–Kier alpha value is -5.07. The van der Waals surface area contributed by atoms with Crippen molar-refractivity contribution in [3.05, 3.63) is 77.6 Å². The molecule has 304 valence electrons. The molecule has 2 aliphatic heterocycles. The molecule has 2 aliphatic rings. The van der Waals surface area contributed by atoms with Crippen LogP contribution in [0.4, 0.5) is 0 Å². The summed E-state index contributed by atoms with van der Waals surface area (Å²) in [6.07, 6.45) is 3.44. The Labute approximate surface area is 336 Å². The van der Waals surface area contributed by atoms with Gasteiger partial charge in [0, 0.05) is 68.7 Å². The number of cyclic esters (lactones) is 1. The van der Waals surface area contributed by atoms with Gasteiger partial charge in [0.2, 0.25) is 11.8 Å². The number of carbonyl (C=O) groups is 4. The fourth-order valence-electron chi connectivity index (χ4n) is 8.36. The first kappa shape index (κ1) is 41.6. The van der Waals surface area contributed by atoms with Crippen LogP contribution in [0.3, 0.4) is 0 Å². The molecule has 1 fully saturated rings. The van der Waals surface area contributed by atoms with Crippen LogP contribution in [-0.2, 0) is 48.0 Å². The monoisotopic (exact) mass is 778 g/mol. The number of nitrogens with one attached hydrogen (secondary N) is 2. The molecule has 1 saturated heterocycles. The lowest BCUT2D eigenvalue weighted by Gasteiger charge is -2.36. The number of amides is 3. The number of fused-ring (bicyclic) bond motifs is 6. The van der Waals surface area contributed by atoms with Crippen molar-refractivity contribution in [3.8, 4) is 22.4 Å². The van der Waals surface area contributed by atoms with Crippen molar-refractivity contribution in [1.29, 1.82) is 0 Å². The second kappa shape index (κ2) is 17.2. The lowest BCUT2D eigenvalue weighted by molar-refractivity contribution is -0.155. The van der Waals surface area contributed by atoms with Crippen LogP contribution in [0, 0.1) is 11.3 Å². The van der Waals surface area contributed by atoms with Crippen molar-refractivity contribution < 1.29 is 28.7 Å². The summed E-state index contributed by atoms with van der Waals surface area (Å²) >= 11 is 0. The molecule has 12 nitrogen and oxygen atoms in total. The van der Waals surface area contributed by atoms with E-state index >= 15 is 0 Å². The van der Waals surface area contributed by atoms with Crippen LogP contribution < -0.4 is 10.7 Å². The zero-order chi connectivity index (χ0) is 41.2. The van der Waals surface area contributed by atoms with Crippen LogP contribution in [0.25, 0.3) is 33.3 Å². The van der Waals surface area contributed by atoms with E-state index in [1.165, 1.54) is 16.8 Å². The fourth-order valence-corrected chi connectivity index (χ4v) is 8.36. The summed E-state index contributed by atoms with van der Waals surface area (Å²) in [6.45, 7) is 14.8. The number of pyridine rings is 1. The minimum atomic E-state index is -0.979. The van der Waals surface area contributed by atoms with Crippen LogP contribution >= 0.6 is 0 Å². The summed E-state index contributed by atoms with van der Waals surface area (Å²) in [7, 11) is 3.29. The Morgan fingerprint density at radius 3 is 2.54 bits per heavy atom. The zero-order valence-electron chi connectivity index (χ0n) is 34.8. The number of hydrogen-bond donors (Lipinski definition) is 2. The lowest BCUT2D eigenvalue weighted by Crippen LogP contribution is -2.62. The number of hydrogen-bond acceptors (Lipinski definition) is 8. The first-order chi connectivity index (χ1) is 27.1. The number of esters is 1. The molecule has 0 radical (unpaired) electrons. The van der Waals surface area contributed by atoms with Crippen molar-refractivity contribution in [2.45, 2.75) is 105 Å². The quantitative estimate of drug-likeness (QED) is 0.201. The van der Waals surface area contributed by atoms with Crippen molar-refractivity contribution in [2.75, 3.05) is 27.3 Å². The van der Waals surface area contributed by atoms with E-state index in [1.807, 2.05) is 39.0 Å². The van der Waals surface area contributed by atoms with Crippen LogP contribution in [-0.4, -0.2) is 88.6 Å². The van der Waals surface area contributed by atoms with Gasteiger partial charge in [0.15, 0.2) is 0 Å². The second-order valence-corrected chi connectivity index (χ2v) is 16.7. The highest BCUT2D eigenvalue weighted by atomic mass is 16.5. The molecule has 0 aliphatic carbocycles. The third-order valence-electron chi connectivity index (χ3n) is 11.4. The third-order valence-corrected chi connectivity index (χ3v) is 11.4. The number of methoxy groups -OCH3 is 1. The molecule has 6 bridgehead atoms. The zero-order valence-corrected chi connectivity index (χ0v) is 34.8. The van der Waals surface area contributed by atoms with Gasteiger partial charge in [-0.2, -0.15) is 0 Å². The molecule has 4 aromatic rings.